The van der Waals surface area contributed by atoms with Gasteiger partial charge in [0.2, 0.25) is 0 Å². The van der Waals surface area contributed by atoms with Crippen LogP contribution in [0.1, 0.15) is 5.56 Å². The number of fused-ring (bicyclic) bond motifs is 3. The van der Waals surface area contributed by atoms with Gasteiger partial charge in [-0.25, -0.2) is 0 Å². The second-order valence-electron chi connectivity index (χ2n) is 5.59. The molecule has 20 heavy (non-hydrogen) atoms. The molecule has 3 heteroatoms. The molecule has 4 rings (SSSR count). The van der Waals surface area contributed by atoms with Crippen LogP contribution in [0.3, 0.4) is 0 Å². The fourth-order valence-corrected chi connectivity index (χ4v) is 3.29. The molecular formula is C17H19NO2. The third-order valence-corrected chi connectivity index (χ3v) is 4.40. The minimum absolute atomic E-state index is 0.493. The Morgan fingerprint density at radius 1 is 1.00 bits per heavy atom. The molecule has 2 heterocycles. The van der Waals surface area contributed by atoms with E-state index >= 15 is 0 Å². The van der Waals surface area contributed by atoms with Gasteiger partial charge in [0, 0.05) is 24.5 Å². The Balaban J connectivity index is 1.64. The van der Waals surface area contributed by atoms with Crippen molar-refractivity contribution < 1.29 is 9.47 Å². The highest BCUT2D eigenvalue weighted by Crippen LogP contribution is 2.34. The maximum Gasteiger partial charge on any atom is 0.130 e. The van der Waals surface area contributed by atoms with E-state index in [0.29, 0.717) is 6.04 Å². The van der Waals surface area contributed by atoms with Crippen molar-refractivity contribution in [2.24, 2.45) is 0 Å². The third-order valence-electron chi connectivity index (χ3n) is 4.40. The molecule has 0 saturated carbocycles. The second-order valence-corrected chi connectivity index (χ2v) is 5.59. The van der Waals surface area contributed by atoms with Gasteiger partial charge in [-0.2, -0.15) is 0 Å². The molecule has 2 aliphatic rings. The van der Waals surface area contributed by atoms with Gasteiger partial charge in [-0.15, -0.1) is 0 Å². The Kier molecular flexibility index (Phi) is 3.09. The lowest BCUT2D eigenvalue weighted by Gasteiger charge is -2.37. The highest BCUT2D eigenvalue weighted by Gasteiger charge is 2.27. The normalized spacial score (nSPS) is 23.3. The molecule has 0 spiro atoms. The van der Waals surface area contributed by atoms with Crippen LogP contribution in [0.5, 0.6) is 5.75 Å². The maximum absolute atomic E-state index is 6.12. The molecule has 0 amide bonds. The molecule has 1 fully saturated rings. The summed E-state index contributed by atoms with van der Waals surface area (Å²) in [5.41, 5.74) is 1.34. The van der Waals surface area contributed by atoms with Crippen molar-refractivity contribution in [2.75, 3.05) is 32.9 Å². The van der Waals surface area contributed by atoms with Gasteiger partial charge in [-0.1, -0.05) is 36.4 Å². The summed E-state index contributed by atoms with van der Waals surface area (Å²) in [6.45, 7) is 4.54. The molecule has 104 valence electrons. The van der Waals surface area contributed by atoms with Gasteiger partial charge in [0.25, 0.3) is 0 Å². The summed E-state index contributed by atoms with van der Waals surface area (Å²) in [5.74, 6) is 1.09. The van der Waals surface area contributed by atoms with E-state index in [0.717, 1.165) is 45.1 Å². The van der Waals surface area contributed by atoms with Crippen LogP contribution in [0.25, 0.3) is 10.8 Å². The Hall–Kier alpha value is -1.58. The van der Waals surface area contributed by atoms with E-state index in [9.17, 15) is 0 Å². The van der Waals surface area contributed by atoms with Crippen molar-refractivity contribution in [1.29, 1.82) is 0 Å². The van der Waals surface area contributed by atoms with Gasteiger partial charge in [0.15, 0.2) is 0 Å². The summed E-state index contributed by atoms with van der Waals surface area (Å²) in [5, 5.41) is 2.50. The Morgan fingerprint density at radius 3 is 2.75 bits per heavy atom. The lowest BCUT2D eigenvalue weighted by molar-refractivity contribution is 0.00271. The topological polar surface area (TPSA) is 21.7 Å². The van der Waals surface area contributed by atoms with E-state index < -0.39 is 0 Å². The molecule has 2 aliphatic heterocycles. The molecule has 0 N–H and O–H groups in total. The van der Waals surface area contributed by atoms with Crippen LogP contribution in [-0.4, -0.2) is 43.9 Å². The maximum atomic E-state index is 6.12. The van der Waals surface area contributed by atoms with Gasteiger partial charge in [-0.05, 0) is 17.4 Å². The van der Waals surface area contributed by atoms with E-state index in [2.05, 4.69) is 41.3 Å². The number of rotatable bonds is 1. The van der Waals surface area contributed by atoms with E-state index in [-0.39, 0.29) is 0 Å². The lowest BCUT2D eigenvalue weighted by Crippen LogP contribution is -2.48. The predicted octanol–water partition coefficient (Wildman–Crippen LogP) is 2.48. The van der Waals surface area contributed by atoms with Crippen molar-refractivity contribution in [3.63, 3.8) is 0 Å². The summed E-state index contributed by atoms with van der Waals surface area (Å²) < 4.78 is 11.6. The van der Waals surface area contributed by atoms with Gasteiger partial charge in [0.1, 0.15) is 12.4 Å². The largest absolute Gasteiger partial charge is 0.491 e. The molecule has 3 nitrogen and oxygen atoms in total. The number of hydrogen-bond acceptors (Lipinski definition) is 3. The van der Waals surface area contributed by atoms with Crippen LogP contribution < -0.4 is 4.74 Å². The molecule has 0 aromatic heterocycles. The first-order valence-corrected chi connectivity index (χ1v) is 7.37. The van der Waals surface area contributed by atoms with Crippen LogP contribution in [-0.2, 0) is 11.2 Å². The standard InChI is InChI=1S/C17H19NO2/c1-2-4-16-13(3-1)5-6-14-11-15(12-20-17(14)16)18-7-9-19-10-8-18/h1-6,15H,7-12H2. The molecule has 0 radical (unpaired) electrons. The first-order chi connectivity index (χ1) is 9.92. The van der Waals surface area contributed by atoms with Gasteiger partial charge < -0.3 is 9.47 Å². The zero-order valence-corrected chi connectivity index (χ0v) is 11.5. The molecule has 0 aliphatic carbocycles. The fraction of sp³-hybridized carbons (Fsp3) is 0.412. The zero-order chi connectivity index (χ0) is 13.4. The van der Waals surface area contributed by atoms with Crippen molar-refractivity contribution in [1.82, 2.24) is 4.90 Å². The van der Waals surface area contributed by atoms with Crippen molar-refractivity contribution in [2.45, 2.75) is 12.5 Å². The molecule has 1 atom stereocenters. The van der Waals surface area contributed by atoms with Crippen LogP contribution in [0.2, 0.25) is 0 Å². The Bertz CT molecular complexity index is 619. The summed E-state index contributed by atoms with van der Waals surface area (Å²) >= 11 is 0. The van der Waals surface area contributed by atoms with Crippen LogP contribution in [0.15, 0.2) is 36.4 Å². The highest BCUT2D eigenvalue weighted by molar-refractivity contribution is 5.89. The van der Waals surface area contributed by atoms with Crippen molar-refractivity contribution >= 4 is 10.8 Å². The van der Waals surface area contributed by atoms with Gasteiger partial charge in [0.05, 0.1) is 13.2 Å². The van der Waals surface area contributed by atoms with Crippen LogP contribution in [0.4, 0.5) is 0 Å². The first kappa shape index (κ1) is 12.2. The number of morpholine rings is 1. The van der Waals surface area contributed by atoms with Crippen molar-refractivity contribution in [3.8, 4) is 5.75 Å². The van der Waals surface area contributed by atoms with Crippen molar-refractivity contribution in [3.05, 3.63) is 42.0 Å². The highest BCUT2D eigenvalue weighted by atomic mass is 16.5. The lowest BCUT2D eigenvalue weighted by atomic mass is 9.97. The molecule has 2 aromatic rings. The molecule has 2 aromatic carbocycles. The summed E-state index contributed by atoms with van der Waals surface area (Å²) in [6, 6.07) is 13.4. The number of ether oxygens (including phenoxy) is 2. The first-order valence-electron chi connectivity index (χ1n) is 7.37. The molecule has 0 bridgehead atoms. The summed E-state index contributed by atoms with van der Waals surface area (Å²) in [7, 11) is 0. The Labute approximate surface area is 119 Å². The minimum Gasteiger partial charge on any atom is -0.491 e. The van der Waals surface area contributed by atoms with E-state index in [4.69, 9.17) is 9.47 Å². The van der Waals surface area contributed by atoms with Crippen LogP contribution >= 0.6 is 0 Å². The van der Waals surface area contributed by atoms with E-state index in [1.165, 1.54) is 16.3 Å². The van der Waals surface area contributed by atoms with E-state index in [1.54, 1.807) is 0 Å². The van der Waals surface area contributed by atoms with Crippen LogP contribution in [0, 0.1) is 0 Å². The number of benzene rings is 2. The predicted molar refractivity (Wildman–Crippen MR) is 79.3 cm³/mol. The zero-order valence-electron chi connectivity index (χ0n) is 11.5. The monoisotopic (exact) mass is 269 g/mol. The molecular weight excluding hydrogens is 250 g/mol. The minimum atomic E-state index is 0.493. The van der Waals surface area contributed by atoms with E-state index in [1.807, 2.05) is 0 Å². The smallest absolute Gasteiger partial charge is 0.130 e. The molecule has 1 saturated heterocycles. The number of hydrogen-bond donors (Lipinski definition) is 0. The average Bonchev–Trinajstić information content (AvgIpc) is 2.55. The SMILES string of the molecule is c1ccc2c3c(ccc2c1)CC(N1CCOCC1)CO3. The summed E-state index contributed by atoms with van der Waals surface area (Å²) in [6.07, 6.45) is 1.08. The Morgan fingerprint density at radius 2 is 1.85 bits per heavy atom. The average molecular weight is 269 g/mol. The molecule has 1 unspecified atom stereocenters. The third kappa shape index (κ3) is 2.07. The van der Waals surface area contributed by atoms with Gasteiger partial charge >= 0.3 is 0 Å². The quantitative estimate of drug-likeness (QED) is 0.794. The second kappa shape index (κ2) is 5.08. The van der Waals surface area contributed by atoms with Gasteiger partial charge in [-0.3, -0.25) is 4.90 Å². The number of nitrogens with zero attached hydrogens (tertiary/aromatic N) is 1. The fourth-order valence-electron chi connectivity index (χ4n) is 3.29. The summed E-state index contributed by atoms with van der Waals surface area (Å²) in [4.78, 5) is 2.50.